The largest absolute Gasteiger partial charge is 0.236 e. The van der Waals surface area contributed by atoms with Crippen LogP contribution in [0.1, 0.15) is 54.4 Å². The molecule has 0 radical (unpaired) electrons. The zero-order chi connectivity index (χ0) is 11.2. The molecule has 0 aliphatic heterocycles. The fraction of sp³-hybridized carbons (Fsp3) is 1.00. The fourth-order valence-corrected chi connectivity index (χ4v) is 1.25. The first-order chi connectivity index (χ1) is 6.35. The van der Waals surface area contributed by atoms with E-state index in [1.807, 2.05) is 20.8 Å². The highest BCUT2D eigenvalue weighted by Gasteiger charge is 2.13. The van der Waals surface area contributed by atoms with Crippen LogP contribution in [0.15, 0.2) is 0 Å². The Balaban J connectivity index is 3.49. The van der Waals surface area contributed by atoms with Crippen molar-refractivity contribution in [2.45, 2.75) is 60.0 Å². The lowest BCUT2D eigenvalue weighted by Gasteiger charge is -2.20. The van der Waals surface area contributed by atoms with Crippen molar-refractivity contribution < 1.29 is 9.78 Å². The summed E-state index contributed by atoms with van der Waals surface area (Å²) in [7, 11) is 0. The van der Waals surface area contributed by atoms with E-state index in [0.29, 0.717) is 12.5 Å². The molecule has 0 aromatic carbocycles. The van der Waals surface area contributed by atoms with E-state index < -0.39 is 0 Å². The van der Waals surface area contributed by atoms with Crippen molar-refractivity contribution >= 4 is 0 Å². The Morgan fingerprint density at radius 1 is 1.07 bits per heavy atom. The van der Waals surface area contributed by atoms with E-state index in [0.717, 1.165) is 5.92 Å². The monoisotopic (exact) mass is 202 g/mol. The van der Waals surface area contributed by atoms with Crippen molar-refractivity contribution in [2.24, 2.45) is 11.8 Å². The highest BCUT2D eigenvalue weighted by molar-refractivity contribution is 4.58. The van der Waals surface area contributed by atoms with Crippen LogP contribution in [0.25, 0.3) is 0 Å². The molecule has 0 heterocycles. The third-order valence-electron chi connectivity index (χ3n) is 2.16. The average molecular weight is 202 g/mol. The van der Waals surface area contributed by atoms with Crippen LogP contribution in [0.5, 0.6) is 0 Å². The summed E-state index contributed by atoms with van der Waals surface area (Å²) in [5, 5.41) is 0. The van der Waals surface area contributed by atoms with Crippen LogP contribution < -0.4 is 0 Å². The summed E-state index contributed by atoms with van der Waals surface area (Å²) in [6.45, 7) is 13.4. The summed E-state index contributed by atoms with van der Waals surface area (Å²) < 4.78 is 0. The number of hydrogen-bond donors (Lipinski definition) is 0. The molecule has 0 saturated carbocycles. The van der Waals surface area contributed by atoms with Gasteiger partial charge in [0.1, 0.15) is 0 Å². The third kappa shape index (κ3) is 8.52. The van der Waals surface area contributed by atoms with Crippen molar-refractivity contribution in [3.05, 3.63) is 0 Å². The van der Waals surface area contributed by atoms with Crippen LogP contribution in [-0.2, 0) is 9.78 Å². The lowest BCUT2D eigenvalue weighted by molar-refractivity contribution is -0.353. The van der Waals surface area contributed by atoms with Crippen LogP contribution in [-0.4, -0.2) is 12.2 Å². The van der Waals surface area contributed by atoms with Crippen LogP contribution in [0, 0.1) is 11.8 Å². The SMILES string of the molecule is CCC(C)CC(C)COOC(C)(C)C. The second-order valence-electron chi connectivity index (χ2n) is 5.33. The van der Waals surface area contributed by atoms with Gasteiger partial charge in [-0.25, -0.2) is 9.78 Å². The van der Waals surface area contributed by atoms with E-state index in [1.54, 1.807) is 0 Å². The molecule has 0 bridgehead atoms. The van der Waals surface area contributed by atoms with Gasteiger partial charge in [0, 0.05) is 0 Å². The minimum atomic E-state index is -0.198. The second kappa shape index (κ2) is 6.41. The summed E-state index contributed by atoms with van der Waals surface area (Å²) in [5.41, 5.74) is -0.198. The Morgan fingerprint density at radius 3 is 2.07 bits per heavy atom. The van der Waals surface area contributed by atoms with Gasteiger partial charge in [0.2, 0.25) is 0 Å². The normalized spacial score (nSPS) is 16.7. The summed E-state index contributed by atoms with van der Waals surface area (Å²) in [6.07, 6.45) is 2.45. The Hall–Kier alpha value is -0.0800. The molecule has 0 amide bonds. The maximum Gasteiger partial charge on any atom is 0.0952 e. The minimum absolute atomic E-state index is 0.198. The van der Waals surface area contributed by atoms with E-state index in [9.17, 15) is 0 Å². The van der Waals surface area contributed by atoms with Crippen LogP contribution in [0.2, 0.25) is 0 Å². The van der Waals surface area contributed by atoms with Gasteiger partial charge in [-0.1, -0.05) is 27.2 Å². The molecular weight excluding hydrogens is 176 g/mol. The molecular formula is C12H26O2. The first-order valence-electron chi connectivity index (χ1n) is 5.65. The van der Waals surface area contributed by atoms with Crippen LogP contribution >= 0.6 is 0 Å². The molecule has 2 atom stereocenters. The van der Waals surface area contributed by atoms with E-state index in [4.69, 9.17) is 9.78 Å². The van der Waals surface area contributed by atoms with Gasteiger partial charge in [-0.2, -0.15) is 0 Å². The predicted molar refractivity (Wildman–Crippen MR) is 60.0 cm³/mol. The molecule has 86 valence electrons. The van der Waals surface area contributed by atoms with Gasteiger partial charge in [0.15, 0.2) is 0 Å². The first kappa shape index (κ1) is 13.9. The standard InChI is InChI=1S/C12H26O2/c1-7-10(2)8-11(3)9-13-14-12(4,5)6/h10-11H,7-9H2,1-6H3. The molecule has 2 unspecified atom stereocenters. The molecule has 2 heteroatoms. The minimum Gasteiger partial charge on any atom is -0.236 e. The summed E-state index contributed by atoms with van der Waals surface area (Å²) >= 11 is 0. The lowest BCUT2D eigenvalue weighted by atomic mass is 9.96. The van der Waals surface area contributed by atoms with Gasteiger partial charge in [0.05, 0.1) is 12.2 Å². The van der Waals surface area contributed by atoms with Gasteiger partial charge < -0.3 is 0 Å². The van der Waals surface area contributed by atoms with E-state index >= 15 is 0 Å². The van der Waals surface area contributed by atoms with E-state index in [2.05, 4.69) is 20.8 Å². The Labute approximate surface area is 88.9 Å². The van der Waals surface area contributed by atoms with Crippen LogP contribution in [0.4, 0.5) is 0 Å². The highest BCUT2D eigenvalue weighted by Crippen LogP contribution is 2.16. The fourth-order valence-electron chi connectivity index (χ4n) is 1.25. The van der Waals surface area contributed by atoms with E-state index in [1.165, 1.54) is 12.8 Å². The lowest BCUT2D eigenvalue weighted by Crippen LogP contribution is -2.21. The predicted octanol–water partition coefficient (Wildman–Crippen LogP) is 3.81. The maximum atomic E-state index is 5.22. The van der Waals surface area contributed by atoms with Crippen molar-refractivity contribution in [3.63, 3.8) is 0 Å². The molecule has 14 heavy (non-hydrogen) atoms. The number of rotatable bonds is 6. The molecule has 0 saturated heterocycles. The summed E-state index contributed by atoms with van der Waals surface area (Å²) in [5.74, 6) is 1.36. The van der Waals surface area contributed by atoms with Gasteiger partial charge in [-0.3, -0.25) is 0 Å². The number of hydrogen-bond acceptors (Lipinski definition) is 2. The Morgan fingerprint density at radius 2 is 1.64 bits per heavy atom. The molecule has 2 nitrogen and oxygen atoms in total. The van der Waals surface area contributed by atoms with E-state index in [-0.39, 0.29) is 5.60 Å². The van der Waals surface area contributed by atoms with Crippen molar-refractivity contribution in [1.82, 2.24) is 0 Å². The van der Waals surface area contributed by atoms with Crippen molar-refractivity contribution in [3.8, 4) is 0 Å². The van der Waals surface area contributed by atoms with Gasteiger partial charge in [-0.05, 0) is 39.0 Å². The topological polar surface area (TPSA) is 18.5 Å². The van der Waals surface area contributed by atoms with Gasteiger partial charge >= 0.3 is 0 Å². The average Bonchev–Trinajstić information content (AvgIpc) is 2.01. The Kier molecular flexibility index (Phi) is 6.38. The molecule has 0 fully saturated rings. The Bertz CT molecular complexity index is 138. The van der Waals surface area contributed by atoms with Crippen molar-refractivity contribution in [1.29, 1.82) is 0 Å². The maximum absolute atomic E-state index is 5.22. The molecule has 0 aromatic heterocycles. The third-order valence-corrected chi connectivity index (χ3v) is 2.16. The van der Waals surface area contributed by atoms with Gasteiger partial charge in [-0.15, -0.1) is 0 Å². The molecule has 0 aliphatic rings. The molecule has 0 N–H and O–H groups in total. The van der Waals surface area contributed by atoms with Crippen LogP contribution in [0.3, 0.4) is 0 Å². The smallest absolute Gasteiger partial charge is 0.0952 e. The molecule has 0 aromatic rings. The van der Waals surface area contributed by atoms with Gasteiger partial charge in [0.25, 0.3) is 0 Å². The summed E-state index contributed by atoms with van der Waals surface area (Å²) in [4.78, 5) is 10.4. The molecule has 0 spiro atoms. The highest BCUT2D eigenvalue weighted by atomic mass is 17.2. The second-order valence-corrected chi connectivity index (χ2v) is 5.33. The quantitative estimate of drug-likeness (QED) is 0.482. The molecule has 0 aliphatic carbocycles. The molecule has 0 rings (SSSR count). The zero-order valence-corrected chi connectivity index (χ0v) is 10.6. The zero-order valence-electron chi connectivity index (χ0n) is 10.6. The van der Waals surface area contributed by atoms with Crippen molar-refractivity contribution in [2.75, 3.05) is 6.61 Å². The first-order valence-corrected chi connectivity index (χ1v) is 5.65. The summed E-state index contributed by atoms with van der Waals surface area (Å²) in [6, 6.07) is 0.